The normalized spacial score (nSPS) is 36.2. The van der Waals surface area contributed by atoms with E-state index in [4.69, 9.17) is 14.2 Å². The molecule has 25 heavy (non-hydrogen) atoms. The highest BCUT2D eigenvalue weighted by Gasteiger charge is 2.50. The Balaban J connectivity index is 1.49. The van der Waals surface area contributed by atoms with Crippen LogP contribution in [-0.4, -0.2) is 42.3 Å². The molecule has 2 aliphatic heterocycles. The van der Waals surface area contributed by atoms with Gasteiger partial charge in [0.1, 0.15) is 6.10 Å². The SMILES string of the molecule is CCCC(O)CCCC[C@@H]1[C@H]2CC(=O)O[C@H]2C[C@H]1O[C@H]1CCCCO1. The fourth-order valence-corrected chi connectivity index (χ4v) is 4.77. The summed E-state index contributed by atoms with van der Waals surface area (Å²) in [7, 11) is 0. The number of ether oxygens (including phenoxy) is 3. The van der Waals surface area contributed by atoms with Crippen molar-refractivity contribution in [1.82, 2.24) is 0 Å². The quantitative estimate of drug-likeness (QED) is 0.506. The topological polar surface area (TPSA) is 65.0 Å². The predicted molar refractivity (Wildman–Crippen MR) is 93.9 cm³/mol. The van der Waals surface area contributed by atoms with Crippen molar-refractivity contribution in [2.24, 2.45) is 11.8 Å². The molecular formula is C20H34O5. The molecule has 0 spiro atoms. The molecule has 1 saturated carbocycles. The van der Waals surface area contributed by atoms with Crippen molar-refractivity contribution in [2.45, 2.75) is 102 Å². The monoisotopic (exact) mass is 354 g/mol. The highest BCUT2D eigenvalue weighted by Crippen LogP contribution is 2.45. The van der Waals surface area contributed by atoms with E-state index < -0.39 is 0 Å². The van der Waals surface area contributed by atoms with Crippen LogP contribution in [0.5, 0.6) is 0 Å². The van der Waals surface area contributed by atoms with Crippen molar-refractivity contribution in [1.29, 1.82) is 0 Å². The number of hydrogen-bond donors (Lipinski definition) is 1. The van der Waals surface area contributed by atoms with Crippen molar-refractivity contribution in [3.63, 3.8) is 0 Å². The van der Waals surface area contributed by atoms with Crippen molar-refractivity contribution < 1.29 is 24.1 Å². The van der Waals surface area contributed by atoms with E-state index in [9.17, 15) is 9.90 Å². The first kappa shape index (κ1) is 19.1. The minimum atomic E-state index is -0.166. The molecule has 0 aromatic rings. The van der Waals surface area contributed by atoms with Crippen LogP contribution in [0, 0.1) is 11.8 Å². The molecule has 2 saturated heterocycles. The van der Waals surface area contributed by atoms with Gasteiger partial charge in [-0.25, -0.2) is 0 Å². The van der Waals surface area contributed by atoms with Gasteiger partial charge in [-0.15, -0.1) is 0 Å². The molecule has 144 valence electrons. The molecule has 2 heterocycles. The van der Waals surface area contributed by atoms with Gasteiger partial charge in [0.15, 0.2) is 6.29 Å². The second kappa shape index (κ2) is 9.33. The molecule has 3 fully saturated rings. The minimum Gasteiger partial charge on any atom is -0.462 e. The Morgan fingerprint density at radius 1 is 1.28 bits per heavy atom. The van der Waals surface area contributed by atoms with E-state index in [0.717, 1.165) is 64.4 Å². The molecule has 3 rings (SSSR count). The number of carbonyl (C=O) groups is 1. The molecule has 0 aromatic heterocycles. The van der Waals surface area contributed by atoms with Crippen LogP contribution in [0.15, 0.2) is 0 Å². The summed E-state index contributed by atoms with van der Waals surface area (Å²) in [5.74, 6) is 0.637. The van der Waals surface area contributed by atoms with E-state index >= 15 is 0 Å². The number of hydrogen-bond acceptors (Lipinski definition) is 5. The molecule has 0 aromatic carbocycles. The molecule has 1 aliphatic carbocycles. The first-order valence-corrected chi connectivity index (χ1v) is 10.3. The van der Waals surface area contributed by atoms with Gasteiger partial charge >= 0.3 is 5.97 Å². The van der Waals surface area contributed by atoms with Gasteiger partial charge in [0.05, 0.1) is 18.6 Å². The van der Waals surface area contributed by atoms with E-state index in [-0.39, 0.29) is 30.6 Å². The largest absolute Gasteiger partial charge is 0.462 e. The Labute approximate surface area is 151 Å². The summed E-state index contributed by atoms with van der Waals surface area (Å²) in [6.07, 6.45) is 10.5. The first-order chi connectivity index (χ1) is 12.2. The highest BCUT2D eigenvalue weighted by molar-refractivity contribution is 5.72. The molecule has 1 N–H and O–H groups in total. The van der Waals surface area contributed by atoms with Gasteiger partial charge in [0.2, 0.25) is 0 Å². The average Bonchev–Trinajstić information content (AvgIpc) is 3.09. The Morgan fingerprint density at radius 3 is 2.92 bits per heavy atom. The van der Waals surface area contributed by atoms with Gasteiger partial charge < -0.3 is 19.3 Å². The third kappa shape index (κ3) is 5.18. The Kier molecular flexibility index (Phi) is 7.14. The number of rotatable bonds is 9. The minimum absolute atomic E-state index is 0.0387. The molecule has 0 amide bonds. The smallest absolute Gasteiger partial charge is 0.306 e. The summed E-state index contributed by atoms with van der Waals surface area (Å²) >= 11 is 0. The number of aliphatic hydroxyl groups excluding tert-OH is 1. The van der Waals surface area contributed by atoms with Crippen LogP contribution in [0.2, 0.25) is 0 Å². The number of esters is 1. The van der Waals surface area contributed by atoms with Gasteiger partial charge in [-0.1, -0.05) is 26.2 Å². The van der Waals surface area contributed by atoms with Gasteiger partial charge in [0, 0.05) is 18.9 Å². The molecule has 5 nitrogen and oxygen atoms in total. The van der Waals surface area contributed by atoms with E-state index in [0.29, 0.717) is 18.3 Å². The maximum absolute atomic E-state index is 11.7. The number of carbonyl (C=O) groups excluding carboxylic acids is 1. The molecular weight excluding hydrogens is 320 g/mol. The molecule has 0 bridgehead atoms. The molecule has 6 atom stereocenters. The van der Waals surface area contributed by atoms with Crippen LogP contribution in [0.4, 0.5) is 0 Å². The lowest BCUT2D eigenvalue weighted by Gasteiger charge is -2.30. The summed E-state index contributed by atoms with van der Waals surface area (Å²) in [4.78, 5) is 11.7. The zero-order chi connectivity index (χ0) is 17.6. The number of fused-ring (bicyclic) bond motifs is 1. The molecule has 1 unspecified atom stereocenters. The highest BCUT2D eigenvalue weighted by atomic mass is 16.7. The van der Waals surface area contributed by atoms with E-state index in [1.54, 1.807) is 0 Å². The van der Waals surface area contributed by atoms with Crippen LogP contribution in [0.1, 0.15) is 77.6 Å². The molecule has 0 radical (unpaired) electrons. The van der Waals surface area contributed by atoms with Crippen molar-refractivity contribution in [3.8, 4) is 0 Å². The van der Waals surface area contributed by atoms with E-state index in [1.165, 1.54) is 6.42 Å². The van der Waals surface area contributed by atoms with Gasteiger partial charge in [-0.05, 0) is 44.4 Å². The number of aliphatic hydroxyl groups is 1. The lowest BCUT2D eigenvalue weighted by atomic mass is 9.87. The maximum atomic E-state index is 11.7. The van der Waals surface area contributed by atoms with E-state index in [2.05, 4.69) is 6.92 Å². The van der Waals surface area contributed by atoms with Crippen LogP contribution < -0.4 is 0 Å². The fraction of sp³-hybridized carbons (Fsp3) is 0.950. The summed E-state index contributed by atoms with van der Waals surface area (Å²) in [5.41, 5.74) is 0. The lowest BCUT2D eigenvalue weighted by Crippen LogP contribution is -2.31. The number of unbranched alkanes of at least 4 members (excludes halogenated alkanes) is 1. The summed E-state index contributed by atoms with van der Waals surface area (Å²) in [5, 5.41) is 9.89. The summed E-state index contributed by atoms with van der Waals surface area (Å²) < 4.78 is 17.6. The Hall–Kier alpha value is -0.650. The Morgan fingerprint density at radius 2 is 2.16 bits per heavy atom. The standard InChI is InChI=1S/C20H34O5/c1-2-7-14(21)8-3-4-9-15-16-12-19(22)24-18(16)13-17(15)25-20-10-5-6-11-23-20/h14-18,20-21H,2-13H2,1H3/t14?,15-,16-,17-,18+,20+/m1/s1. The van der Waals surface area contributed by atoms with Crippen LogP contribution in [0.25, 0.3) is 0 Å². The second-order valence-corrected chi connectivity index (χ2v) is 7.99. The third-order valence-corrected chi connectivity index (χ3v) is 6.07. The summed E-state index contributed by atoms with van der Waals surface area (Å²) in [6.45, 7) is 2.90. The zero-order valence-corrected chi connectivity index (χ0v) is 15.5. The third-order valence-electron chi connectivity index (χ3n) is 6.07. The van der Waals surface area contributed by atoms with Crippen LogP contribution in [0.3, 0.4) is 0 Å². The van der Waals surface area contributed by atoms with Gasteiger partial charge in [-0.2, -0.15) is 0 Å². The zero-order valence-electron chi connectivity index (χ0n) is 15.5. The van der Waals surface area contributed by atoms with Crippen LogP contribution >= 0.6 is 0 Å². The average molecular weight is 354 g/mol. The maximum Gasteiger partial charge on any atom is 0.306 e. The van der Waals surface area contributed by atoms with Gasteiger partial charge in [-0.3, -0.25) is 4.79 Å². The van der Waals surface area contributed by atoms with Crippen LogP contribution in [-0.2, 0) is 19.0 Å². The van der Waals surface area contributed by atoms with E-state index in [1.807, 2.05) is 0 Å². The lowest BCUT2D eigenvalue weighted by molar-refractivity contribution is -0.197. The molecule has 3 aliphatic rings. The van der Waals surface area contributed by atoms with Crippen molar-refractivity contribution in [3.05, 3.63) is 0 Å². The molecule has 5 heteroatoms. The van der Waals surface area contributed by atoms with Crippen molar-refractivity contribution >= 4 is 5.97 Å². The summed E-state index contributed by atoms with van der Waals surface area (Å²) in [6, 6.07) is 0. The predicted octanol–water partition coefficient (Wildman–Crippen LogP) is 3.57. The van der Waals surface area contributed by atoms with Crippen molar-refractivity contribution in [2.75, 3.05) is 6.61 Å². The first-order valence-electron chi connectivity index (χ1n) is 10.3. The fourth-order valence-electron chi connectivity index (χ4n) is 4.77. The van der Waals surface area contributed by atoms with Gasteiger partial charge in [0.25, 0.3) is 0 Å². The Bertz CT molecular complexity index is 420. The second-order valence-electron chi connectivity index (χ2n) is 7.99.